The molecule has 1 aromatic rings. The second kappa shape index (κ2) is 11.2. The van der Waals surface area contributed by atoms with E-state index in [1.165, 1.54) is 9.80 Å². The molecule has 206 valence electrons. The number of esters is 1. The number of anilines is 1. The van der Waals surface area contributed by atoms with E-state index < -0.39 is 41.6 Å². The summed E-state index contributed by atoms with van der Waals surface area (Å²) >= 11 is 6.58. The molecule has 38 heavy (non-hydrogen) atoms. The lowest BCUT2D eigenvalue weighted by Gasteiger charge is -2.40. The van der Waals surface area contributed by atoms with Gasteiger partial charge in [-0.1, -0.05) is 49.7 Å². The number of carbonyl (C=O) groups excluding carboxylic acids is 3. The van der Waals surface area contributed by atoms with Gasteiger partial charge in [0, 0.05) is 6.54 Å². The van der Waals surface area contributed by atoms with Crippen LogP contribution in [0.4, 0.5) is 5.69 Å². The molecule has 9 heteroatoms. The molecule has 0 aromatic heterocycles. The quantitative estimate of drug-likeness (QED) is 0.259. The van der Waals surface area contributed by atoms with Gasteiger partial charge in [0.1, 0.15) is 11.6 Å². The zero-order valence-corrected chi connectivity index (χ0v) is 23.0. The van der Waals surface area contributed by atoms with Crippen LogP contribution in [0.5, 0.6) is 0 Å². The second-order valence-corrected chi connectivity index (χ2v) is 11.1. The molecule has 3 aliphatic rings. The summed E-state index contributed by atoms with van der Waals surface area (Å²) in [5, 5.41) is 10.8. The van der Waals surface area contributed by atoms with E-state index >= 15 is 0 Å². The lowest BCUT2D eigenvalue weighted by molar-refractivity contribution is -0.156. The van der Waals surface area contributed by atoms with Crippen LogP contribution < -0.4 is 4.90 Å². The van der Waals surface area contributed by atoms with E-state index in [1.807, 2.05) is 32.9 Å². The first-order valence-corrected chi connectivity index (χ1v) is 13.6. The van der Waals surface area contributed by atoms with Crippen molar-refractivity contribution in [3.05, 3.63) is 54.1 Å². The fourth-order valence-corrected chi connectivity index (χ4v) is 6.81. The average Bonchev–Trinajstić information content (AvgIpc) is 3.51. The first-order chi connectivity index (χ1) is 18.1. The van der Waals surface area contributed by atoms with Crippen LogP contribution in [0.3, 0.4) is 0 Å². The molecule has 2 unspecified atom stereocenters. The van der Waals surface area contributed by atoms with Crippen LogP contribution in [0, 0.1) is 24.7 Å². The number of halogens is 1. The normalized spacial score (nSPS) is 28.4. The summed E-state index contributed by atoms with van der Waals surface area (Å²) in [6, 6.07) is 3.69. The fraction of sp³-hybridized carbons (Fsp3) is 0.552. The van der Waals surface area contributed by atoms with Crippen molar-refractivity contribution in [2.75, 3.05) is 24.7 Å². The molecule has 8 nitrogen and oxygen atoms in total. The van der Waals surface area contributed by atoms with Crippen LogP contribution >= 0.6 is 11.6 Å². The van der Waals surface area contributed by atoms with E-state index in [0.29, 0.717) is 30.0 Å². The number of rotatable bonds is 11. The number of fused-ring (bicyclic) bond motifs is 1. The molecule has 1 spiro atoms. The van der Waals surface area contributed by atoms with Crippen LogP contribution in [-0.2, 0) is 23.9 Å². The summed E-state index contributed by atoms with van der Waals surface area (Å²) in [5.74, 6) is -3.09. The predicted molar refractivity (Wildman–Crippen MR) is 145 cm³/mol. The Hall–Kier alpha value is -2.68. The first-order valence-electron chi connectivity index (χ1n) is 13.2. The Balaban J connectivity index is 1.82. The molecule has 0 aliphatic carbocycles. The molecule has 3 heterocycles. The zero-order chi connectivity index (χ0) is 27.8. The van der Waals surface area contributed by atoms with Crippen molar-refractivity contribution in [1.82, 2.24) is 4.90 Å². The third kappa shape index (κ3) is 4.46. The number of carbonyl (C=O) groups is 3. The van der Waals surface area contributed by atoms with E-state index in [4.69, 9.17) is 21.1 Å². The van der Waals surface area contributed by atoms with Crippen LogP contribution in [0.15, 0.2) is 43.5 Å². The maximum Gasteiger partial charge on any atom is 0.312 e. The highest BCUT2D eigenvalue weighted by Crippen LogP contribution is 2.59. The highest BCUT2D eigenvalue weighted by atomic mass is 35.5. The molecule has 3 aliphatic heterocycles. The molecule has 6 atom stereocenters. The number of amides is 2. The van der Waals surface area contributed by atoms with E-state index in [9.17, 15) is 19.5 Å². The summed E-state index contributed by atoms with van der Waals surface area (Å²) in [4.78, 5) is 45.0. The van der Waals surface area contributed by atoms with Gasteiger partial charge in [0.05, 0.1) is 47.9 Å². The smallest absolute Gasteiger partial charge is 0.312 e. The SMILES string of the molecule is C=CCCOC(=O)[C@@H]1[C@@H]2CCC3(O2)C(C(=O)N(CC=C)c2c(C)cccc2Cl)N([C@@H](CO)C(C)C)C(=O)[C@H]13. The molecule has 0 radical (unpaired) electrons. The Kier molecular flexibility index (Phi) is 8.35. The Bertz CT molecular complexity index is 1100. The fourth-order valence-electron chi connectivity index (χ4n) is 6.49. The van der Waals surface area contributed by atoms with Gasteiger partial charge in [0.15, 0.2) is 0 Å². The number of nitrogens with zero attached hydrogens (tertiary/aromatic N) is 2. The summed E-state index contributed by atoms with van der Waals surface area (Å²) in [6.45, 7) is 13.1. The van der Waals surface area contributed by atoms with E-state index in [-0.39, 0.29) is 37.5 Å². The van der Waals surface area contributed by atoms with Gasteiger partial charge in [-0.2, -0.15) is 0 Å². The number of aliphatic hydroxyl groups is 1. The van der Waals surface area contributed by atoms with Crippen molar-refractivity contribution in [3.8, 4) is 0 Å². The number of aryl methyl sites for hydroxylation is 1. The monoisotopic (exact) mass is 544 g/mol. The number of benzene rings is 1. The van der Waals surface area contributed by atoms with Crippen molar-refractivity contribution in [3.63, 3.8) is 0 Å². The van der Waals surface area contributed by atoms with Gasteiger partial charge in [-0.05, 0) is 43.7 Å². The minimum Gasteiger partial charge on any atom is -0.465 e. The van der Waals surface area contributed by atoms with Crippen LogP contribution in [-0.4, -0.2) is 71.3 Å². The Morgan fingerprint density at radius 2 is 2.08 bits per heavy atom. The largest absolute Gasteiger partial charge is 0.465 e. The van der Waals surface area contributed by atoms with Gasteiger partial charge in [0.2, 0.25) is 5.91 Å². The highest BCUT2D eigenvalue weighted by Gasteiger charge is 2.75. The molecule has 0 saturated carbocycles. The molecule has 4 rings (SSSR count). The predicted octanol–water partition coefficient (Wildman–Crippen LogP) is 3.68. The van der Waals surface area contributed by atoms with Gasteiger partial charge in [0.25, 0.3) is 5.91 Å². The number of hydrogen-bond acceptors (Lipinski definition) is 6. The van der Waals surface area contributed by atoms with Crippen molar-refractivity contribution < 1.29 is 29.0 Å². The van der Waals surface area contributed by atoms with Crippen LogP contribution in [0.25, 0.3) is 0 Å². The number of likely N-dealkylation sites (tertiary alicyclic amines) is 1. The third-order valence-electron chi connectivity index (χ3n) is 8.16. The molecule has 3 fully saturated rings. The maximum absolute atomic E-state index is 14.6. The maximum atomic E-state index is 14.6. The minimum atomic E-state index is -1.21. The van der Waals surface area contributed by atoms with Gasteiger partial charge in [-0.3, -0.25) is 14.4 Å². The van der Waals surface area contributed by atoms with Crippen molar-refractivity contribution >= 4 is 35.1 Å². The number of aliphatic hydroxyl groups excluding tert-OH is 1. The Morgan fingerprint density at radius 3 is 2.68 bits per heavy atom. The molecule has 2 amide bonds. The zero-order valence-electron chi connectivity index (χ0n) is 22.3. The van der Waals surface area contributed by atoms with Gasteiger partial charge < -0.3 is 24.4 Å². The van der Waals surface area contributed by atoms with Gasteiger partial charge in [-0.25, -0.2) is 0 Å². The molecule has 3 saturated heterocycles. The van der Waals surface area contributed by atoms with Gasteiger partial charge >= 0.3 is 5.97 Å². The Morgan fingerprint density at radius 1 is 1.34 bits per heavy atom. The third-order valence-corrected chi connectivity index (χ3v) is 8.47. The summed E-state index contributed by atoms with van der Waals surface area (Å²) in [5.41, 5.74) is 0.113. The van der Waals surface area contributed by atoms with Crippen LogP contribution in [0.2, 0.25) is 5.02 Å². The average molecular weight is 545 g/mol. The topological polar surface area (TPSA) is 96.4 Å². The summed E-state index contributed by atoms with van der Waals surface area (Å²) < 4.78 is 12.0. The minimum absolute atomic E-state index is 0.153. The lowest BCUT2D eigenvalue weighted by Crippen LogP contribution is -2.60. The molecular weight excluding hydrogens is 508 g/mol. The summed E-state index contributed by atoms with van der Waals surface area (Å²) in [6.07, 6.45) is 4.21. The van der Waals surface area contributed by atoms with Crippen molar-refractivity contribution in [2.45, 2.75) is 63.8 Å². The number of para-hydroxylation sites is 1. The second-order valence-electron chi connectivity index (χ2n) is 10.7. The van der Waals surface area contributed by atoms with E-state index in [0.717, 1.165) is 5.56 Å². The van der Waals surface area contributed by atoms with Gasteiger partial charge in [-0.15, -0.1) is 13.2 Å². The number of hydrogen-bond donors (Lipinski definition) is 1. The standard InChI is InChI=1S/C29H37ClN2O6/c1-6-8-15-37-28(36)22-21-12-13-29(38-21)23(22)26(34)32(20(16-33)17(3)4)25(29)27(35)31(14-7-2)24-18(5)10-9-11-19(24)30/h6-7,9-11,17,20-23,25,33H,1-2,8,12-16H2,3-5H3/t20-,21-,22+,23-,25?,29?/m0/s1. The Labute approximate surface area is 229 Å². The number of ether oxygens (including phenoxy) is 2. The van der Waals surface area contributed by atoms with Crippen molar-refractivity contribution in [1.29, 1.82) is 0 Å². The molecule has 1 aromatic carbocycles. The van der Waals surface area contributed by atoms with E-state index in [2.05, 4.69) is 13.2 Å². The lowest BCUT2D eigenvalue weighted by atomic mass is 9.70. The first kappa shape index (κ1) is 28.3. The summed E-state index contributed by atoms with van der Waals surface area (Å²) in [7, 11) is 0. The molecular formula is C29H37ClN2O6. The molecule has 1 N–H and O–H groups in total. The highest BCUT2D eigenvalue weighted by molar-refractivity contribution is 6.34. The van der Waals surface area contributed by atoms with E-state index in [1.54, 1.807) is 18.2 Å². The van der Waals surface area contributed by atoms with Crippen molar-refractivity contribution in [2.24, 2.45) is 17.8 Å². The molecule has 2 bridgehead atoms. The van der Waals surface area contributed by atoms with Crippen LogP contribution in [0.1, 0.15) is 38.7 Å².